The minimum absolute atomic E-state index is 0.600. The Morgan fingerprint density at radius 3 is 1.48 bits per heavy atom. The fourth-order valence-electron chi connectivity index (χ4n) is 3.15. The second-order valence-electron chi connectivity index (χ2n) is 6.45. The Hall–Kier alpha value is -0.480. The van der Waals surface area contributed by atoms with Crippen molar-refractivity contribution in [2.24, 2.45) is 0 Å². The van der Waals surface area contributed by atoms with E-state index in [0.717, 1.165) is 32.8 Å². The van der Waals surface area contributed by atoms with Crippen LogP contribution in [0.1, 0.15) is 24.0 Å². The second kappa shape index (κ2) is 8.94. The van der Waals surface area contributed by atoms with E-state index in [1.165, 1.54) is 24.0 Å². The molecule has 2 aromatic carbocycles. The molecule has 0 spiro atoms. The van der Waals surface area contributed by atoms with Gasteiger partial charge in [0.05, 0.1) is 26.8 Å². The summed E-state index contributed by atoms with van der Waals surface area (Å²) in [4.78, 5) is 4.90. The maximum absolute atomic E-state index is 6.14. The van der Waals surface area contributed by atoms with Crippen molar-refractivity contribution in [3.63, 3.8) is 0 Å². The fourth-order valence-corrected chi connectivity index (χ4v) is 3.79. The van der Waals surface area contributed by atoms with Gasteiger partial charge in [-0.15, -0.1) is 0 Å². The minimum Gasteiger partial charge on any atom is -0.286 e. The van der Waals surface area contributed by atoms with Gasteiger partial charge in [0, 0.05) is 13.1 Å². The van der Waals surface area contributed by atoms with Crippen LogP contribution in [-0.2, 0) is 13.1 Å². The average molecular weight is 418 g/mol. The van der Waals surface area contributed by atoms with Crippen molar-refractivity contribution in [3.05, 3.63) is 67.6 Å². The first-order valence-electron chi connectivity index (χ1n) is 8.34. The van der Waals surface area contributed by atoms with Gasteiger partial charge in [0.25, 0.3) is 0 Å². The fraction of sp³-hybridized carbons (Fsp3) is 0.368. The van der Waals surface area contributed by atoms with Gasteiger partial charge in [-0.1, -0.05) is 58.5 Å². The molecule has 0 bridgehead atoms. The number of benzene rings is 2. The van der Waals surface area contributed by atoms with E-state index in [1.54, 1.807) is 0 Å². The molecule has 0 amide bonds. The largest absolute Gasteiger partial charge is 0.286 e. The van der Waals surface area contributed by atoms with E-state index in [2.05, 4.69) is 9.80 Å². The maximum Gasteiger partial charge on any atom is 0.0595 e. The zero-order valence-corrected chi connectivity index (χ0v) is 16.8. The Morgan fingerprint density at radius 2 is 1.08 bits per heavy atom. The topological polar surface area (TPSA) is 6.48 Å². The number of nitrogens with zero attached hydrogens (tertiary/aromatic N) is 2. The molecule has 0 aliphatic carbocycles. The molecule has 1 aliphatic heterocycles. The van der Waals surface area contributed by atoms with Crippen LogP contribution >= 0.6 is 46.4 Å². The summed E-state index contributed by atoms with van der Waals surface area (Å²) in [6.07, 6.45) is 2.39. The summed E-state index contributed by atoms with van der Waals surface area (Å²) in [6, 6.07) is 11.7. The van der Waals surface area contributed by atoms with Crippen molar-refractivity contribution in [1.29, 1.82) is 0 Å². The molecule has 1 aliphatic rings. The standard InChI is InChI=1S/C19H20Cl4N2/c20-16-5-3-14(9-18(16)22)11-24-7-1-2-8-25(13-24)12-15-4-6-17(21)19(23)10-15/h3-6,9-10H,1-2,7-8,11-13H2. The van der Waals surface area contributed by atoms with Crippen LogP contribution in [0.25, 0.3) is 0 Å². The molecule has 2 nitrogen and oxygen atoms in total. The number of hydrogen-bond acceptors (Lipinski definition) is 2. The van der Waals surface area contributed by atoms with Gasteiger partial charge < -0.3 is 0 Å². The second-order valence-corrected chi connectivity index (χ2v) is 8.08. The smallest absolute Gasteiger partial charge is 0.0595 e. The Balaban J connectivity index is 1.65. The van der Waals surface area contributed by atoms with Crippen molar-refractivity contribution in [2.45, 2.75) is 25.9 Å². The van der Waals surface area contributed by atoms with Gasteiger partial charge in [0.1, 0.15) is 0 Å². The number of hydrogen-bond donors (Lipinski definition) is 0. The van der Waals surface area contributed by atoms with Crippen molar-refractivity contribution >= 4 is 46.4 Å². The van der Waals surface area contributed by atoms with Crippen LogP contribution in [0.2, 0.25) is 20.1 Å². The van der Waals surface area contributed by atoms with Crippen LogP contribution in [-0.4, -0.2) is 29.6 Å². The normalized spacial score (nSPS) is 16.8. The van der Waals surface area contributed by atoms with Crippen LogP contribution in [0.3, 0.4) is 0 Å². The van der Waals surface area contributed by atoms with Crippen LogP contribution in [0.15, 0.2) is 36.4 Å². The summed E-state index contributed by atoms with van der Waals surface area (Å²) in [5.41, 5.74) is 2.37. The molecule has 6 heteroatoms. The van der Waals surface area contributed by atoms with E-state index in [9.17, 15) is 0 Å². The van der Waals surface area contributed by atoms with Gasteiger partial charge >= 0.3 is 0 Å². The monoisotopic (exact) mass is 416 g/mol. The highest BCUT2D eigenvalue weighted by Crippen LogP contribution is 2.25. The lowest BCUT2D eigenvalue weighted by Crippen LogP contribution is -2.35. The molecule has 0 N–H and O–H groups in total. The van der Waals surface area contributed by atoms with Gasteiger partial charge in [0.15, 0.2) is 0 Å². The Labute approximate surface area is 169 Å². The molecule has 134 valence electrons. The molecule has 1 saturated heterocycles. The molecule has 0 radical (unpaired) electrons. The zero-order chi connectivity index (χ0) is 17.8. The van der Waals surface area contributed by atoms with E-state index in [1.807, 2.05) is 36.4 Å². The van der Waals surface area contributed by atoms with Crippen LogP contribution in [0, 0.1) is 0 Å². The SMILES string of the molecule is Clc1ccc(CN2CCCCN(Cc3ccc(Cl)c(Cl)c3)C2)cc1Cl. The van der Waals surface area contributed by atoms with Crippen molar-refractivity contribution < 1.29 is 0 Å². The highest BCUT2D eigenvalue weighted by atomic mass is 35.5. The highest BCUT2D eigenvalue weighted by Gasteiger charge is 2.17. The molecule has 1 heterocycles. The van der Waals surface area contributed by atoms with Gasteiger partial charge in [-0.2, -0.15) is 0 Å². The number of rotatable bonds is 4. The Kier molecular flexibility index (Phi) is 6.90. The lowest BCUT2D eigenvalue weighted by molar-refractivity contribution is 0.143. The quantitative estimate of drug-likeness (QED) is 0.571. The molecule has 0 unspecified atom stereocenters. The van der Waals surface area contributed by atoms with Crippen LogP contribution in [0.4, 0.5) is 0 Å². The van der Waals surface area contributed by atoms with E-state index in [4.69, 9.17) is 46.4 Å². The highest BCUT2D eigenvalue weighted by molar-refractivity contribution is 6.42. The van der Waals surface area contributed by atoms with Gasteiger partial charge in [0.2, 0.25) is 0 Å². The number of halogens is 4. The molecule has 0 aromatic heterocycles. The minimum atomic E-state index is 0.600. The molecular weight excluding hydrogens is 398 g/mol. The molecule has 1 fully saturated rings. The summed E-state index contributed by atoms with van der Waals surface area (Å²) >= 11 is 24.3. The Morgan fingerprint density at radius 1 is 0.640 bits per heavy atom. The summed E-state index contributed by atoms with van der Waals surface area (Å²) < 4.78 is 0. The van der Waals surface area contributed by atoms with Gasteiger partial charge in [-0.25, -0.2) is 0 Å². The summed E-state index contributed by atoms with van der Waals surface area (Å²) in [7, 11) is 0. The van der Waals surface area contributed by atoms with E-state index in [0.29, 0.717) is 20.1 Å². The summed E-state index contributed by atoms with van der Waals surface area (Å²) in [5.74, 6) is 0. The first-order valence-corrected chi connectivity index (χ1v) is 9.85. The van der Waals surface area contributed by atoms with Crippen molar-refractivity contribution in [3.8, 4) is 0 Å². The van der Waals surface area contributed by atoms with Gasteiger partial charge in [-0.05, 0) is 61.3 Å². The zero-order valence-electron chi connectivity index (χ0n) is 13.8. The lowest BCUT2D eigenvalue weighted by Gasteiger charge is -2.27. The van der Waals surface area contributed by atoms with Crippen molar-refractivity contribution in [2.75, 3.05) is 19.8 Å². The lowest BCUT2D eigenvalue weighted by atomic mass is 10.2. The van der Waals surface area contributed by atoms with E-state index in [-0.39, 0.29) is 0 Å². The van der Waals surface area contributed by atoms with Gasteiger partial charge in [-0.3, -0.25) is 9.80 Å². The third-order valence-electron chi connectivity index (χ3n) is 4.38. The van der Waals surface area contributed by atoms with E-state index < -0.39 is 0 Å². The predicted octanol–water partition coefficient (Wildman–Crippen LogP) is 6.36. The first kappa shape index (κ1) is 19.3. The van der Waals surface area contributed by atoms with Crippen LogP contribution in [0.5, 0.6) is 0 Å². The molecule has 0 atom stereocenters. The summed E-state index contributed by atoms with van der Waals surface area (Å²) in [6.45, 7) is 4.82. The molecule has 25 heavy (non-hydrogen) atoms. The Bertz CT molecular complexity index is 674. The third-order valence-corrected chi connectivity index (χ3v) is 5.86. The first-order chi connectivity index (χ1) is 12.0. The molecule has 3 rings (SSSR count). The molecule has 0 saturated carbocycles. The van der Waals surface area contributed by atoms with E-state index >= 15 is 0 Å². The maximum atomic E-state index is 6.14. The molecule has 2 aromatic rings. The average Bonchev–Trinajstić information content (AvgIpc) is 2.79. The summed E-state index contributed by atoms with van der Waals surface area (Å²) in [5, 5.41) is 2.42. The van der Waals surface area contributed by atoms with Crippen LogP contribution < -0.4 is 0 Å². The molecular formula is C19H20Cl4N2. The predicted molar refractivity (Wildman–Crippen MR) is 108 cm³/mol. The van der Waals surface area contributed by atoms with Crippen molar-refractivity contribution in [1.82, 2.24) is 9.80 Å². The third kappa shape index (κ3) is 5.50.